The van der Waals surface area contributed by atoms with Crippen molar-refractivity contribution >= 4 is 54.4 Å². The van der Waals surface area contributed by atoms with Crippen LogP contribution < -0.4 is 0 Å². The number of nitrogens with zero attached hydrogens (tertiary/aromatic N) is 5. The molecule has 3 aromatic heterocycles. The van der Waals surface area contributed by atoms with Crippen LogP contribution in [0.5, 0.6) is 0 Å². The van der Waals surface area contributed by atoms with Gasteiger partial charge in [-0.3, -0.25) is 4.57 Å². The Morgan fingerprint density at radius 3 is 1.70 bits per heavy atom. The van der Waals surface area contributed by atoms with Crippen LogP contribution in [-0.2, 0) is 0 Å². The minimum atomic E-state index is 0.597. The summed E-state index contributed by atoms with van der Waals surface area (Å²) >= 11 is 0. The molecule has 0 radical (unpaired) electrons. The molecule has 0 aliphatic heterocycles. The lowest BCUT2D eigenvalue weighted by molar-refractivity contribution is 0.954. The molecule has 0 unspecified atom stereocenters. The van der Waals surface area contributed by atoms with E-state index in [2.05, 4.69) is 124 Å². The van der Waals surface area contributed by atoms with Crippen LogP contribution in [0.1, 0.15) is 0 Å². The number of benzene rings is 7. The van der Waals surface area contributed by atoms with Crippen LogP contribution in [0.25, 0.3) is 88.8 Å². The van der Waals surface area contributed by atoms with Gasteiger partial charge in [0.15, 0.2) is 11.6 Å². The summed E-state index contributed by atoms with van der Waals surface area (Å²) in [6.07, 6.45) is 0. The van der Waals surface area contributed by atoms with Crippen molar-refractivity contribution in [2.45, 2.75) is 0 Å². The lowest BCUT2D eigenvalue weighted by Crippen LogP contribution is -2.06. The first-order valence-corrected chi connectivity index (χ1v) is 15.5. The van der Waals surface area contributed by atoms with E-state index in [1.165, 1.54) is 37.8 Å². The van der Waals surface area contributed by atoms with E-state index in [9.17, 15) is 0 Å². The summed E-state index contributed by atoms with van der Waals surface area (Å²) in [7, 11) is 0. The molecule has 0 aliphatic carbocycles. The van der Waals surface area contributed by atoms with Crippen molar-refractivity contribution in [1.82, 2.24) is 24.1 Å². The molecule has 0 spiro atoms. The zero-order valence-corrected chi connectivity index (χ0v) is 24.7. The van der Waals surface area contributed by atoms with Gasteiger partial charge in [-0.2, -0.15) is 9.97 Å². The van der Waals surface area contributed by atoms with Gasteiger partial charge in [-0.25, -0.2) is 4.98 Å². The smallest absolute Gasteiger partial charge is 0.238 e. The van der Waals surface area contributed by atoms with Gasteiger partial charge in [0.1, 0.15) is 0 Å². The zero-order valence-electron chi connectivity index (χ0n) is 24.7. The van der Waals surface area contributed by atoms with Crippen molar-refractivity contribution in [2.75, 3.05) is 0 Å². The number of aromatic nitrogens is 5. The average molecular weight is 588 g/mol. The molecule has 10 aromatic rings. The Morgan fingerprint density at radius 2 is 0.978 bits per heavy atom. The van der Waals surface area contributed by atoms with E-state index in [0.717, 1.165) is 33.4 Å². The molecule has 0 N–H and O–H groups in total. The van der Waals surface area contributed by atoms with Crippen LogP contribution in [0, 0.1) is 0 Å². The Labute approximate surface area is 264 Å². The van der Waals surface area contributed by atoms with E-state index in [4.69, 9.17) is 15.0 Å². The predicted molar refractivity (Wildman–Crippen MR) is 188 cm³/mol. The van der Waals surface area contributed by atoms with Crippen LogP contribution in [0.15, 0.2) is 152 Å². The number of fused-ring (bicyclic) bond motifs is 4. The predicted octanol–water partition coefficient (Wildman–Crippen LogP) is 9.99. The van der Waals surface area contributed by atoms with Crippen molar-refractivity contribution in [1.29, 1.82) is 0 Å². The summed E-state index contributed by atoms with van der Waals surface area (Å²) < 4.78 is 4.61. The number of hydrogen-bond acceptors (Lipinski definition) is 3. The number of para-hydroxylation sites is 2. The molecule has 10 rings (SSSR count). The fourth-order valence-electron chi connectivity index (χ4n) is 7.18. The quantitative estimate of drug-likeness (QED) is 0.193. The molecule has 0 atom stereocenters. The van der Waals surface area contributed by atoms with Crippen LogP contribution in [0.4, 0.5) is 0 Å². The van der Waals surface area contributed by atoms with Crippen molar-refractivity contribution in [3.8, 4) is 34.4 Å². The lowest BCUT2D eigenvalue weighted by Gasteiger charge is -2.12. The topological polar surface area (TPSA) is 48.5 Å². The first-order chi connectivity index (χ1) is 22.8. The second-order valence-electron chi connectivity index (χ2n) is 11.7. The van der Waals surface area contributed by atoms with Crippen LogP contribution in [-0.4, -0.2) is 24.1 Å². The summed E-state index contributed by atoms with van der Waals surface area (Å²) in [6.45, 7) is 0. The van der Waals surface area contributed by atoms with Gasteiger partial charge >= 0.3 is 0 Å². The number of rotatable bonds is 4. The maximum atomic E-state index is 5.17. The van der Waals surface area contributed by atoms with Gasteiger partial charge in [-0.15, -0.1) is 0 Å². The van der Waals surface area contributed by atoms with Crippen LogP contribution in [0.3, 0.4) is 0 Å². The second-order valence-corrected chi connectivity index (χ2v) is 11.7. The van der Waals surface area contributed by atoms with E-state index in [1.807, 2.05) is 36.4 Å². The Hall–Kier alpha value is -6.33. The van der Waals surface area contributed by atoms with E-state index in [0.29, 0.717) is 17.6 Å². The second kappa shape index (κ2) is 9.58. The molecule has 46 heavy (non-hydrogen) atoms. The molecule has 0 aliphatic rings. The van der Waals surface area contributed by atoms with E-state index in [1.54, 1.807) is 0 Å². The number of hydrogen-bond donors (Lipinski definition) is 0. The average Bonchev–Trinajstić information content (AvgIpc) is 3.65. The highest BCUT2D eigenvalue weighted by atomic mass is 15.2. The maximum absolute atomic E-state index is 5.17. The third-order valence-corrected chi connectivity index (χ3v) is 9.12. The van der Waals surface area contributed by atoms with Gasteiger partial charge in [-0.1, -0.05) is 121 Å². The van der Waals surface area contributed by atoms with Gasteiger partial charge < -0.3 is 4.57 Å². The fourth-order valence-corrected chi connectivity index (χ4v) is 7.18. The van der Waals surface area contributed by atoms with Crippen LogP contribution >= 0.6 is 0 Å². The normalized spacial score (nSPS) is 11.9. The maximum Gasteiger partial charge on any atom is 0.238 e. The van der Waals surface area contributed by atoms with Crippen molar-refractivity contribution in [2.24, 2.45) is 0 Å². The molecular formula is C41H25N5. The Morgan fingerprint density at radius 1 is 0.370 bits per heavy atom. The molecule has 0 amide bonds. The lowest BCUT2D eigenvalue weighted by atomic mass is 9.98. The molecule has 0 saturated heterocycles. The minimum Gasteiger partial charge on any atom is -0.309 e. The van der Waals surface area contributed by atoms with E-state index >= 15 is 0 Å². The van der Waals surface area contributed by atoms with Gasteiger partial charge in [-0.05, 0) is 41.1 Å². The largest absolute Gasteiger partial charge is 0.309 e. The Balaban J connectivity index is 1.39. The summed E-state index contributed by atoms with van der Waals surface area (Å²) in [4.78, 5) is 15.3. The summed E-state index contributed by atoms with van der Waals surface area (Å²) in [5, 5.41) is 7.35. The molecule has 7 aromatic carbocycles. The third-order valence-electron chi connectivity index (χ3n) is 9.12. The Bertz CT molecular complexity index is 2670. The van der Waals surface area contributed by atoms with Crippen molar-refractivity contribution < 1.29 is 0 Å². The molecule has 0 fully saturated rings. The molecule has 0 bridgehead atoms. The molecule has 0 saturated carbocycles. The summed E-state index contributed by atoms with van der Waals surface area (Å²) in [5.74, 6) is 1.88. The van der Waals surface area contributed by atoms with Crippen LogP contribution in [0.2, 0.25) is 0 Å². The van der Waals surface area contributed by atoms with Crippen molar-refractivity contribution in [3.63, 3.8) is 0 Å². The molecule has 3 heterocycles. The Kier molecular flexibility index (Phi) is 5.22. The standard InChI is InChI=1S/C41H25N5/c1-4-13-27(14-5-1)39-42-40(28-15-6-2-7-16-28)44-41(43-39)46-33-22-12-17-26-23-24-31-37-30-20-10-11-21-32(30)45(29-18-8-3-9-19-29)34(37)25-35(46)38(31)36(26)33/h1-25H. The van der Waals surface area contributed by atoms with E-state index in [-0.39, 0.29) is 0 Å². The third kappa shape index (κ3) is 3.54. The van der Waals surface area contributed by atoms with Crippen molar-refractivity contribution in [3.05, 3.63) is 152 Å². The highest BCUT2D eigenvalue weighted by Gasteiger charge is 2.24. The zero-order chi connectivity index (χ0) is 30.2. The first kappa shape index (κ1) is 25.0. The molecular weight excluding hydrogens is 562 g/mol. The summed E-state index contributed by atoms with van der Waals surface area (Å²) in [5.41, 5.74) is 7.49. The van der Waals surface area contributed by atoms with Gasteiger partial charge in [0.05, 0.1) is 22.1 Å². The van der Waals surface area contributed by atoms with Gasteiger partial charge in [0.25, 0.3) is 0 Å². The first-order valence-electron chi connectivity index (χ1n) is 15.5. The monoisotopic (exact) mass is 587 g/mol. The van der Waals surface area contributed by atoms with Gasteiger partial charge in [0, 0.05) is 38.4 Å². The fraction of sp³-hybridized carbons (Fsp3) is 0. The summed E-state index contributed by atoms with van der Waals surface area (Å²) in [6, 6.07) is 53.0. The highest BCUT2D eigenvalue weighted by molar-refractivity contribution is 6.33. The SMILES string of the molecule is c1ccc(-c2nc(-c3ccccc3)nc(-n3c4cccc5ccc6c7c8ccccc8n(-c8ccccc8)c7cc3c6c54)n2)cc1. The minimum absolute atomic E-state index is 0.597. The highest BCUT2D eigenvalue weighted by Crippen LogP contribution is 2.45. The van der Waals surface area contributed by atoms with Gasteiger partial charge in [0.2, 0.25) is 5.95 Å². The molecule has 5 nitrogen and oxygen atoms in total. The molecule has 5 heteroatoms. The van der Waals surface area contributed by atoms with E-state index < -0.39 is 0 Å². The molecule has 214 valence electrons.